The molecule has 1 fully saturated rings. The topological polar surface area (TPSA) is 35.5 Å². The van der Waals surface area contributed by atoms with Crippen LogP contribution in [0.5, 0.6) is 0 Å². The molecule has 2 rings (SSSR count). The van der Waals surface area contributed by atoms with Crippen LogP contribution < -0.4 is 0 Å². The van der Waals surface area contributed by atoms with E-state index < -0.39 is 6.29 Å². The van der Waals surface area contributed by atoms with Crippen molar-refractivity contribution in [3.63, 3.8) is 0 Å². The van der Waals surface area contributed by atoms with Crippen molar-refractivity contribution in [1.29, 1.82) is 0 Å². The monoisotopic (exact) mass is 154 g/mol. The smallest absolute Gasteiger partial charge is 0.219 e. The van der Waals surface area contributed by atoms with Gasteiger partial charge in [-0.3, -0.25) is 4.79 Å². The summed E-state index contributed by atoms with van der Waals surface area (Å²) in [6.07, 6.45) is 3.64. The van der Waals surface area contributed by atoms with Crippen molar-refractivity contribution >= 4 is 5.78 Å². The van der Waals surface area contributed by atoms with E-state index in [9.17, 15) is 4.79 Å². The molecule has 1 saturated heterocycles. The summed E-state index contributed by atoms with van der Waals surface area (Å²) in [7, 11) is 0. The lowest BCUT2D eigenvalue weighted by Gasteiger charge is -2.11. The maximum atomic E-state index is 11.1. The molecule has 3 heteroatoms. The average molecular weight is 154 g/mol. The van der Waals surface area contributed by atoms with Crippen molar-refractivity contribution in [2.75, 3.05) is 0 Å². The molecule has 2 aliphatic heterocycles. The van der Waals surface area contributed by atoms with Gasteiger partial charge in [0.15, 0.2) is 5.78 Å². The third kappa shape index (κ3) is 1.21. The summed E-state index contributed by atoms with van der Waals surface area (Å²) in [5.41, 5.74) is 0. The fourth-order valence-electron chi connectivity index (χ4n) is 1.32. The summed E-state index contributed by atoms with van der Waals surface area (Å²) in [6.45, 7) is 1.90. The highest BCUT2D eigenvalue weighted by Gasteiger charge is 2.35. The van der Waals surface area contributed by atoms with Crippen LogP contribution in [-0.2, 0) is 14.3 Å². The molecule has 0 aromatic carbocycles. The molecule has 2 bridgehead atoms. The Morgan fingerprint density at radius 1 is 1.45 bits per heavy atom. The molecule has 0 N–H and O–H groups in total. The molecule has 60 valence electrons. The molecule has 0 saturated carbocycles. The third-order valence-corrected chi connectivity index (χ3v) is 1.90. The number of hydrogen-bond donors (Lipinski definition) is 0. The molecule has 0 amide bonds. The van der Waals surface area contributed by atoms with Crippen molar-refractivity contribution in [2.24, 2.45) is 0 Å². The van der Waals surface area contributed by atoms with Gasteiger partial charge < -0.3 is 9.47 Å². The van der Waals surface area contributed by atoms with E-state index in [1.54, 1.807) is 0 Å². The van der Waals surface area contributed by atoms with E-state index in [4.69, 9.17) is 9.47 Å². The minimum absolute atomic E-state index is 0.00532. The van der Waals surface area contributed by atoms with E-state index in [1.165, 1.54) is 0 Å². The molecule has 11 heavy (non-hydrogen) atoms. The minimum Gasteiger partial charge on any atom is -0.339 e. The van der Waals surface area contributed by atoms with Crippen LogP contribution in [0, 0.1) is 0 Å². The summed E-state index contributed by atoms with van der Waals surface area (Å²) < 4.78 is 10.5. The number of carbonyl (C=O) groups excluding carboxylic acids is 1. The summed E-state index contributed by atoms with van der Waals surface area (Å²) in [6, 6.07) is 0. The molecule has 2 heterocycles. The molecule has 0 spiro atoms. The third-order valence-electron chi connectivity index (χ3n) is 1.90. The lowest BCUT2D eigenvalue weighted by atomic mass is 10.2. The number of Topliss-reactive ketones (excluding diaryl/α,β-unsaturated/α-hetero) is 1. The van der Waals surface area contributed by atoms with Crippen molar-refractivity contribution in [1.82, 2.24) is 0 Å². The second-order valence-corrected chi connectivity index (χ2v) is 2.90. The number of hydrogen-bond acceptors (Lipinski definition) is 3. The molecule has 0 aromatic heterocycles. The number of rotatable bonds is 0. The second kappa shape index (κ2) is 2.43. The molecule has 3 nitrogen and oxygen atoms in total. The van der Waals surface area contributed by atoms with Crippen LogP contribution >= 0.6 is 0 Å². The van der Waals surface area contributed by atoms with E-state index >= 15 is 0 Å². The fraction of sp³-hybridized carbons (Fsp3) is 0.625. The summed E-state index contributed by atoms with van der Waals surface area (Å²) in [4.78, 5) is 11.1. The van der Waals surface area contributed by atoms with Crippen molar-refractivity contribution in [2.45, 2.75) is 31.8 Å². The van der Waals surface area contributed by atoms with Crippen LogP contribution in [0.15, 0.2) is 12.2 Å². The molecule has 0 aromatic rings. The normalized spacial score (nSPS) is 42.6. The van der Waals surface area contributed by atoms with Crippen LogP contribution in [0.4, 0.5) is 0 Å². The van der Waals surface area contributed by atoms with E-state index in [1.807, 2.05) is 19.1 Å². The zero-order valence-electron chi connectivity index (χ0n) is 6.32. The Labute approximate surface area is 65.0 Å². The Morgan fingerprint density at radius 2 is 2.27 bits per heavy atom. The van der Waals surface area contributed by atoms with Crippen LogP contribution in [0.1, 0.15) is 13.3 Å². The van der Waals surface area contributed by atoms with Gasteiger partial charge in [0, 0.05) is 6.42 Å². The standard InChI is InChI=1S/C8H10O3/c1-5-2-3-6-4-7(9)8(10-5)11-6/h2-3,5-6,8H,4H2,1H3/t5-,6+,8-/m1/s1. The molecule has 0 unspecified atom stereocenters. The number of fused-ring (bicyclic) bond motifs is 2. The van der Waals surface area contributed by atoms with Crippen LogP contribution in [0.25, 0.3) is 0 Å². The fourth-order valence-corrected chi connectivity index (χ4v) is 1.32. The minimum atomic E-state index is -0.606. The first kappa shape index (κ1) is 7.00. The summed E-state index contributed by atoms with van der Waals surface area (Å²) in [5.74, 6) is 0.0613. The highest BCUT2D eigenvalue weighted by molar-refractivity contribution is 5.84. The maximum absolute atomic E-state index is 11.1. The van der Waals surface area contributed by atoms with Gasteiger partial charge in [0.2, 0.25) is 6.29 Å². The quantitative estimate of drug-likeness (QED) is 0.480. The molecular formula is C8H10O3. The van der Waals surface area contributed by atoms with E-state index in [-0.39, 0.29) is 18.0 Å². The van der Waals surface area contributed by atoms with Gasteiger partial charge in [-0.1, -0.05) is 12.2 Å². The predicted octanol–water partition coefficient (Wildman–Crippen LogP) is 0.645. The Bertz CT molecular complexity index is 209. The number of ether oxygens (including phenoxy) is 2. The number of ketones is 1. The van der Waals surface area contributed by atoms with E-state index in [0.717, 1.165) is 0 Å². The van der Waals surface area contributed by atoms with Gasteiger partial charge >= 0.3 is 0 Å². The van der Waals surface area contributed by atoms with Gasteiger partial charge in [-0.25, -0.2) is 0 Å². The van der Waals surface area contributed by atoms with Crippen LogP contribution in [0.2, 0.25) is 0 Å². The average Bonchev–Trinajstić information content (AvgIpc) is 2.15. The first-order valence-corrected chi connectivity index (χ1v) is 3.77. The van der Waals surface area contributed by atoms with Gasteiger partial charge in [-0.15, -0.1) is 0 Å². The van der Waals surface area contributed by atoms with Crippen LogP contribution in [0.3, 0.4) is 0 Å². The lowest BCUT2D eigenvalue weighted by Crippen LogP contribution is -2.23. The highest BCUT2D eigenvalue weighted by Crippen LogP contribution is 2.22. The predicted molar refractivity (Wildman–Crippen MR) is 38.0 cm³/mol. The zero-order valence-corrected chi connectivity index (χ0v) is 6.32. The molecule has 3 atom stereocenters. The Hall–Kier alpha value is -0.670. The number of carbonyl (C=O) groups is 1. The molecule has 0 radical (unpaired) electrons. The van der Waals surface area contributed by atoms with Crippen LogP contribution in [-0.4, -0.2) is 24.3 Å². The zero-order chi connectivity index (χ0) is 7.84. The van der Waals surface area contributed by atoms with Crippen molar-refractivity contribution < 1.29 is 14.3 Å². The van der Waals surface area contributed by atoms with Gasteiger partial charge in [0.25, 0.3) is 0 Å². The van der Waals surface area contributed by atoms with Crippen molar-refractivity contribution in [3.8, 4) is 0 Å². The first-order valence-electron chi connectivity index (χ1n) is 3.77. The Balaban J connectivity index is 2.20. The SMILES string of the molecule is C[C@@H]1C=C[C@H]2CC(=O)[C@H](O1)O2. The summed E-state index contributed by atoms with van der Waals surface area (Å²) in [5, 5.41) is 0. The van der Waals surface area contributed by atoms with Gasteiger partial charge in [-0.2, -0.15) is 0 Å². The first-order chi connectivity index (χ1) is 5.25. The van der Waals surface area contributed by atoms with Gasteiger partial charge in [-0.05, 0) is 6.92 Å². The van der Waals surface area contributed by atoms with E-state index in [0.29, 0.717) is 6.42 Å². The highest BCUT2D eigenvalue weighted by atomic mass is 16.7. The molecule has 0 aliphatic carbocycles. The Kier molecular flexibility index (Phi) is 1.55. The van der Waals surface area contributed by atoms with E-state index in [2.05, 4.69) is 0 Å². The Morgan fingerprint density at radius 3 is 3.09 bits per heavy atom. The lowest BCUT2D eigenvalue weighted by molar-refractivity contribution is -0.159. The van der Waals surface area contributed by atoms with Gasteiger partial charge in [0.05, 0.1) is 12.2 Å². The van der Waals surface area contributed by atoms with Gasteiger partial charge in [0.1, 0.15) is 0 Å². The largest absolute Gasteiger partial charge is 0.339 e. The summed E-state index contributed by atoms with van der Waals surface area (Å²) >= 11 is 0. The maximum Gasteiger partial charge on any atom is 0.219 e. The molecule has 2 aliphatic rings. The molecular weight excluding hydrogens is 144 g/mol. The van der Waals surface area contributed by atoms with Crippen molar-refractivity contribution in [3.05, 3.63) is 12.2 Å². The second-order valence-electron chi connectivity index (χ2n) is 2.90.